The number of methoxy groups -OCH3 is 1. The summed E-state index contributed by atoms with van der Waals surface area (Å²) in [4.78, 5) is 6.08. The van der Waals surface area contributed by atoms with Gasteiger partial charge in [-0.05, 0) is 18.2 Å². The van der Waals surface area contributed by atoms with Crippen LogP contribution in [0, 0.1) is 0 Å². The fraction of sp³-hybridized carbons (Fsp3) is 0.214. The molecule has 0 amide bonds. The number of anilines is 1. The Morgan fingerprint density at radius 2 is 2.06 bits per heavy atom. The van der Waals surface area contributed by atoms with Gasteiger partial charge < -0.3 is 9.64 Å². The van der Waals surface area contributed by atoms with E-state index in [0.717, 1.165) is 23.5 Å². The standard InChI is InChI=1S/C14H15ClN2O/c1-17(12-7-8-16-14(15)9-12)10-11-5-3-4-6-13(11)18-2/h3-9H,10H2,1-2H3. The number of halogens is 1. The molecule has 0 aliphatic rings. The number of nitrogens with zero attached hydrogens (tertiary/aromatic N) is 2. The summed E-state index contributed by atoms with van der Waals surface area (Å²) < 4.78 is 5.34. The molecule has 0 spiro atoms. The molecule has 1 aromatic carbocycles. The number of pyridine rings is 1. The Bertz CT molecular complexity index is 531. The van der Waals surface area contributed by atoms with Crippen LogP contribution in [-0.2, 0) is 6.54 Å². The maximum atomic E-state index is 5.89. The molecule has 1 heterocycles. The van der Waals surface area contributed by atoms with E-state index in [2.05, 4.69) is 16.0 Å². The van der Waals surface area contributed by atoms with Gasteiger partial charge in [0.2, 0.25) is 0 Å². The summed E-state index contributed by atoms with van der Waals surface area (Å²) in [7, 11) is 3.69. The minimum absolute atomic E-state index is 0.499. The van der Waals surface area contributed by atoms with E-state index in [0.29, 0.717) is 5.15 Å². The number of para-hydroxylation sites is 1. The smallest absolute Gasteiger partial charge is 0.131 e. The Balaban J connectivity index is 2.18. The predicted molar refractivity (Wildman–Crippen MR) is 74.3 cm³/mol. The summed E-state index contributed by atoms with van der Waals surface area (Å²) in [6.07, 6.45) is 1.70. The van der Waals surface area contributed by atoms with Crippen molar-refractivity contribution in [2.24, 2.45) is 0 Å². The van der Waals surface area contributed by atoms with E-state index in [-0.39, 0.29) is 0 Å². The van der Waals surface area contributed by atoms with Crippen LogP contribution in [0.4, 0.5) is 5.69 Å². The lowest BCUT2D eigenvalue weighted by Gasteiger charge is -2.20. The van der Waals surface area contributed by atoms with Gasteiger partial charge in [-0.3, -0.25) is 0 Å². The Morgan fingerprint density at radius 1 is 1.28 bits per heavy atom. The molecule has 0 saturated carbocycles. The lowest BCUT2D eigenvalue weighted by molar-refractivity contribution is 0.409. The van der Waals surface area contributed by atoms with Crippen LogP contribution in [0.25, 0.3) is 0 Å². The van der Waals surface area contributed by atoms with Crippen molar-refractivity contribution in [3.63, 3.8) is 0 Å². The van der Waals surface area contributed by atoms with Gasteiger partial charge in [-0.15, -0.1) is 0 Å². The monoisotopic (exact) mass is 262 g/mol. The molecule has 0 aliphatic heterocycles. The normalized spacial score (nSPS) is 10.2. The predicted octanol–water partition coefficient (Wildman–Crippen LogP) is 3.38. The highest BCUT2D eigenvalue weighted by molar-refractivity contribution is 6.29. The lowest BCUT2D eigenvalue weighted by Crippen LogP contribution is -2.16. The summed E-state index contributed by atoms with van der Waals surface area (Å²) in [5, 5.41) is 0.499. The second-order valence-corrected chi connectivity index (χ2v) is 4.39. The summed E-state index contributed by atoms with van der Waals surface area (Å²) in [6, 6.07) is 11.8. The van der Waals surface area contributed by atoms with Gasteiger partial charge in [-0.1, -0.05) is 29.8 Å². The molecule has 3 nitrogen and oxygen atoms in total. The fourth-order valence-corrected chi connectivity index (χ4v) is 1.98. The van der Waals surface area contributed by atoms with Crippen LogP contribution < -0.4 is 9.64 Å². The van der Waals surface area contributed by atoms with E-state index in [9.17, 15) is 0 Å². The van der Waals surface area contributed by atoms with Crippen LogP contribution in [0.1, 0.15) is 5.56 Å². The van der Waals surface area contributed by atoms with Gasteiger partial charge in [0.25, 0.3) is 0 Å². The van der Waals surface area contributed by atoms with Crippen molar-refractivity contribution >= 4 is 17.3 Å². The fourth-order valence-electron chi connectivity index (χ4n) is 1.81. The Morgan fingerprint density at radius 3 is 2.78 bits per heavy atom. The SMILES string of the molecule is COc1ccccc1CN(C)c1ccnc(Cl)c1. The molecule has 94 valence electrons. The molecule has 0 fully saturated rings. The number of rotatable bonds is 4. The minimum atomic E-state index is 0.499. The average molecular weight is 263 g/mol. The van der Waals surface area contributed by atoms with Crippen molar-refractivity contribution in [1.82, 2.24) is 4.98 Å². The molecule has 2 rings (SSSR count). The highest BCUT2D eigenvalue weighted by Crippen LogP contribution is 2.22. The van der Waals surface area contributed by atoms with E-state index in [1.807, 2.05) is 37.4 Å². The highest BCUT2D eigenvalue weighted by atomic mass is 35.5. The minimum Gasteiger partial charge on any atom is -0.496 e. The van der Waals surface area contributed by atoms with Gasteiger partial charge in [-0.25, -0.2) is 4.98 Å². The zero-order valence-corrected chi connectivity index (χ0v) is 11.2. The second-order valence-electron chi connectivity index (χ2n) is 4.00. The van der Waals surface area contributed by atoms with Crippen LogP contribution in [0.2, 0.25) is 5.15 Å². The average Bonchev–Trinajstić information content (AvgIpc) is 2.39. The van der Waals surface area contributed by atoms with Crippen LogP contribution in [0.3, 0.4) is 0 Å². The first-order valence-electron chi connectivity index (χ1n) is 5.65. The van der Waals surface area contributed by atoms with Gasteiger partial charge in [0.15, 0.2) is 0 Å². The third kappa shape index (κ3) is 2.93. The van der Waals surface area contributed by atoms with Crippen molar-refractivity contribution < 1.29 is 4.74 Å². The topological polar surface area (TPSA) is 25.4 Å². The third-order valence-corrected chi connectivity index (χ3v) is 2.96. The molecule has 0 N–H and O–H groups in total. The number of aromatic nitrogens is 1. The first-order chi connectivity index (χ1) is 8.70. The van der Waals surface area contributed by atoms with Crippen molar-refractivity contribution in [1.29, 1.82) is 0 Å². The maximum Gasteiger partial charge on any atom is 0.131 e. The van der Waals surface area contributed by atoms with E-state index in [1.54, 1.807) is 13.3 Å². The first kappa shape index (κ1) is 12.7. The molecule has 0 aliphatic carbocycles. The van der Waals surface area contributed by atoms with E-state index >= 15 is 0 Å². The van der Waals surface area contributed by atoms with Gasteiger partial charge in [0.05, 0.1) is 7.11 Å². The number of benzene rings is 1. The van der Waals surface area contributed by atoms with E-state index in [4.69, 9.17) is 16.3 Å². The summed E-state index contributed by atoms with van der Waals surface area (Å²) in [5.74, 6) is 0.893. The first-order valence-corrected chi connectivity index (χ1v) is 6.03. The summed E-state index contributed by atoms with van der Waals surface area (Å²) in [6.45, 7) is 0.754. The van der Waals surface area contributed by atoms with E-state index in [1.165, 1.54) is 0 Å². The van der Waals surface area contributed by atoms with Crippen molar-refractivity contribution in [2.75, 3.05) is 19.1 Å². The van der Waals surface area contributed by atoms with Crippen molar-refractivity contribution in [3.05, 3.63) is 53.3 Å². The third-order valence-electron chi connectivity index (χ3n) is 2.75. The molecule has 2 aromatic rings. The number of ether oxygens (including phenoxy) is 1. The zero-order chi connectivity index (χ0) is 13.0. The van der Waals surface area contributed by atoms with E-state index < -0.39 is 0 Å². The lowest BCUT2D eigenvalue weighted by atomic mass is 10.2. The van der Waals surface area contributed by atoms with Crippen LogP contribution >= 0.6 is 11.6 Å². The van der Waals surface area contributed by atoms with Gasteiger partial charge >= 0.3 is 0 Å². The summed E-state index contributed by atoms with van der Waals surface area (Å²) in [5.41, 5.74) is 2.16. The van der Waals surface area contributed by atoms with Gasteiger partial charge in [0.1, 0.15) is 10.9 Å². The number of hydrogen-bond acceptors (Lipinski definition) is 3. The zero-order valence-electron chi connectivity index (χ0n) is 10.4. The highest BCUT2D eigenvalue weighted by Gasteiger charge is 2.07. The Hall–Kier alpha value is -1.74. The van der Waals surface area contributed by atoms with Crippen LogP contribution in [0.15, 0.2) is 42.6 Å². The Labute approximate surface area is 112 Å². The molecule has 0 radical (unpaired) electrons. The molecule has 0 atom stereocenters. The van der Waals surface area contributed by atoms with Crippen LogP contribution in [-0.4, -0.2) is 19.1 Å². The molecule has 18 heavy (non-hydrogen) atoms. The van der Waals surface area contributed by atoms with Crippen molar-refractivity contribution in [3.8, 4) is 5.75 Å². The van der Waals surface area contributed by atoms with Gasteiger partial charge in [0, 0.05) is 31.0 Å². The maximum absolute atomic E-state index is 5.89. The summed E-state index contributed by atoms with van der Waals surface area (Å²) >= 11 is 5.89. The molecule has 4 heteroatoms. The van der Waals surface area contributed by atoms with Crippen molar-refractivity contribution in [2.45, 2.75) is 6.54 Å². The Kier molecular flexibility index (Phi) is 4.05. The quantitative estimate of drug-likeness (QED) is 0.790. The molecule has 0 saturated heterocycles. The number of hydrogen-bond donors (Lipinski definition) is 0. The van der Waals surface area contributed by atoms with Gasteiger partial charge in [-0.2, -0.15) is 0 Å². The molecule has 0 unspecified atom stereocenters. The molecule has 1 aromatic heterocycles. The van der Waals surface area contributed by atoms with Crippen LogP contribution in [0.5, 0.6) is 5.75 Å². The molecule has 0 bridgehead atoms. The largest absolute Gasteiger partial charge is 0.496 e. The second kappa shape index (κ2) is 5.74. The molecular formula is C14H15ClN2O. The molecular weight excluding hydrogens is 248 g/mol.